The molecule has 20 heavy (non-hydrogen) atoms. The molecule has 0 saturated heterocycles. The Labute approximate surface area is 133 Å². The number of nitrogens with one attached hydrogen (secondary N) is 1. The summed E-state index contributed by atoms with van der Waals surface area (Å²) in [4.78, 5) is 12.6. The average Bonchev–Trinajstić information content (AvgIpc) is 3.24. The third kappa shape index (κ3) is 4.85. The number of ether oxygens (including phenoxy) is 1. The molecule has 1 aromatic rings. The second kappa shape index (κ2) is 7.55. The Balaban J connectivity index is 1.85. The van der Waals surface area contributed by atoms with E-state index in [0.29, 0.717) is 22.5 Å². The van der Waals surface area contributed by atoms with E-state index < -0.39 is 0 Å². The van der Waals surface area contributed by atoms with Crippen LogP contribution in [-0.2, 0) is 9.53 Å². The van der Waals surface area contributed by atoms with E-state index in [9.17, 15) is 4.79 Å². The second-order valence-electron chi connectivity index (χ2n) is 4.73. The van der Waals surface area contributed by atoms with Gasteiger partial charge in [-0.2, -0.15) is 0 Å². The number of thioether (sulfide) groups is 1. The minimum atomic E-state index is -0.238. The number of carbonyl (C=O) groups is 1. The predicted octanol–water partition coefficient (Wildman–Crippen LogP) is 3.77. The molecule has 1 unspecified atom stereocenters. The van der Waals surface area contributed by atoms with Crippen molar-refractivity contribution in [2.45, 2.75) is 36.2 Å². The largest absolute Gasteiger partial charge is 0.468 e. The van der Waals surface area contributed by atoms with Crippen molar-refractivity contribution in [1.82, 2.24) is 5.32 Å². The molecule has 1 fully saturated rings. The summed E-state index contributed by atoms with van der Waals surface area (Å²) in [5.74, 6) is 0.578. The summed E-state index contributed by atoms with van der Waals surface area (Å²) in [6.45, 7) is 0. The lowest BCUT2D eigenvalue weighted by atomic mass is 10.2. The number of benzene rings is 1. The molecular formula is C14H17Cl2NO2S. The number of carbonyl (C=O) groups excluding carboxylic acids is 1. The van der Waals surface area contributed by atoms with Crippen LogP contribution < -0.4 is 5.32 Å². The van der Waals surface area contributed by atoms with Gasteiger partial charge in [0.1, 0.15) is 6.04 Å². The van der Waals surface area contributed by atoms with Crippen molar-refractivity contribution in [3.63, 3.8) is 0 Å². The van der Waals surface area contributed by atoms with E-state index >= 15 is 0 Å². The normalized spacial score (nSPS) is 15.9. The highest BCUT2D eigenvalue weighted by molar-refractivity contribution is 7.99. The zero-order valence-corrected chi connectivity index (χ0v) is 13.5. The lowest BCUT2D eigenvalue weighted by Crippen LogP contribution is -2.39. The Morgan fingerprint density at radius 2 is 2.25 bits per heavy atom. The molecule has 1 N–H and O–H groups in total. The first-order valence-corrected chi connectivity index (χ1v) is 8.26. The number of methoxy groups -OCH3 is 1. The van der Waals surface area contributed by atoms with Crippen LogP contribution in [-0.4, -0.2) is 30.9 Å². The summed E-state index contributed by atoms with van der Waals surface area (Å²) in [5.41, 5.74) is 0. The van der Waals surface area contributed by atoms with Crippen LogP contribution in [0.3, 0.4) is 0 Å². The van der Waals surface area contributed by atoms with Gasteiger partial charge < -0.3 is 10.1 Å². The van der Waals surface area contributed by atoms with Crippen LogP contribution in [0.5, 0.6) is 0 Å². The molecule has 0 radical (unpaired) electrons. The Hall–Kier alpha value is -0.420. The summed E-state index contributed by atoms with van der Waals surface area (Å²) in [7, 11) is 1.42. The van der Waals surface area contributed by atoms with E-state index in [4.69, 9.17) is 27.9 Å². The van der Waals surface area contributed by atoms with E-state index in [-0.39, 0.29) is 12.0 Å². The molecule has 6 heteroatoms. The van der Waals surface area contributed by atoms with Crippen LogP contribution in [0.15, 0.2) is 23.1 Å². The zero-order chi connectivity index (χ0) is 14.5. The molecule has 1 saturated carbocycles. The van der Waals surface area contributed by atoms with Gasteiger partial charge in [0.2, 0.25) is 0 Å². The third-order valence-electron chi connectivity index (χ3n) is 3.06. The zero-order valence-electron chi connectivity index (χ0n) is 11.2. The van der Waals surface area contributed by atoms with Gasteiger partial charge in [-0.3, -0.25) is 4.79 Å². The Bertz CT molecular complexity index is 480. The molecule has 0 aliphatic heterocycles. The molecule has 0 aromatic heterocycles. The first kappa shape index (κ1) is 16.0. The van der Waals surface area contributed by atoms with Gasteiger partial charge in [-0.05, 0) is 37.5 Å². The SMILES string of the molecule is COC(=O)C(CCSc1cc(Cl)ccc1Cl)NC1CC1. The maximum atomic E-state index is 11.7. The first-order valence-electron chi connectivity index (χ1n) is 6.52. The molecule has 3 nitrogen and oxygen atoms in total. The molecule has 1 aliphatic rings. The van der Waals surface area contributed by atoms with E-state index in [0.717, 1.165) is 23.5 Å². The summed E-state index contributed by atoms with van der Waals surface area (Å²) >= 11 is 13.7. The standard InChI is InChI=1S/C14H17Cl2NO2S/c1-19-14(18)12(17-10-3-4-10)6-7-20-13-8-9(15)2-5-11(13)16/h2,5,8,10,12,17H,3-4,6-7H2,1H3. The van der Waals surface area contributed by atoms with Gasteiger partial charge in [-0.25, -0.2) is 0 Å². The van der Waals surface area contributed by atoms with Crippen LogP contribution >= 0.6 is 35.0 Å². The number of rotatable bonds is 7. The molecule has 0 bridgehead atoms. The smallest absolute Gasteiger partial charge is 0.322 e. The van der Waals surface area contributed by atoms with Crippen LogP contribution in [0.1, 0.15) is 19.3 Å². The fourth-order valence-corrected chi connectivity index (χ4v) is 3.33. The van der Waals surface area contributed by atoms with Crippen molar-refractivity contribution < 1.29 is 9.53 Å². The maximum Gasteiger partial charge on any atom is 0.322 e. The highest BCUT2D eigenvalue weighted by Gasteiger charge is 2.28. The monoisotopic (exact) mass is 333 g/mol. The lowest BCUT2D eigenvalue weighted by molar-refractivity contribution is -0.143. The summed E-state index contributed by atoms with van der Waals surface area (Å²) in [5, 5.41) is 4.66. The van der Waals surface area contributed by atoms with Gasteiger partial charge in [0.05, 0.1) is 12.1 Å². The maximum absolute atomic E-state index is 11.7. The van der Waals surface area contributed by atoms with E-state index in [1.165, 1.54) is 7.11 Å². The second-order valence-corrected chi connectivity index (χ2v) is 6.71. The molecule has 0 amide bonds. The van der Waals surface area contributed by atoms with Crippen molar-refractivity contribution in [2.24, 2.45) is 0 Å². The molecule has 0 heterocycles. The number of esters is 1. The molecule has 1 atom stereocenters. The fraction of sp³-hybridized carbons (Fsp3) is 0.500. The van der Waals surface area contributed by atoms with Crippen molar-refractivity contribution >= 4 is 40.9 Å². The van der Waals surface area contributed by atoms with E-state index in [1.807, 2.05) is 6.07 Å². The Morgan fingerprint density at radius 3 is 2.90 bits per heavy atom. The van der Waals surface area contributed by atoms with Gasteiger partial charge in [-0.15, -0.1) is 11.8 Å². The van der Waals surface area contributed by atoms with E-state index in [2.05, 4.69) is 5.32 Å². The van der Waals surface area contributed by atoms with Crippen molar-refractivity contribution in [3.8, 4) is 0 Å². The van der Waals surface area contributed by atoms with Crippen molar-refractivity contribution in [3.05, 3.63) is 28.2 Å². The lowest BCUT2D eigenvalue weighted by Gasteiger charge is -2.16. The number of halogens is 2. The average molecular weight is 334 g/mol. The topological polar surface area (TPSA) is 38.3 Å². The molecule has 0 spiro atoms. The Kier molecular flexibility index (Phi) is 6.02. The molecule has 110 valence electrons. The van der Waals surface area contributed by atoms with Crippen molar-refractivity contribution in [2.75, 3.05) is 12.9 Å². The minimum Gasteiger partial charge on any atom is -0.468 e. The van der Waals surface area contributed by atoms with Crippen LogP contribution in [0.2, 0.25) is 10.0 Å². The van der Waals surface area contributed by atoms with E-state index in [1.54, 1.807) is 23.9 Å². The van der Waals surface area contributed by atoms with Crippen LogP contribution in [0.25, 0.3) is 0 Å². The summed E-state index contributed by atoms with van der Waals surface area (Å²) in [6.07, 6.45) is 2.98. The van der Waals surface area contributed by atoms with Gasteiger partial charge >= 0.3 is 5.97 Å². The fourth-order valence-electron chi connectivity index (χ4n) is 1.82. The van der Waals surface area contributed by atoms with Crippen LogP contribution in [0, 0.1) is 0 Å². The number of hydrogen-bond acceptors (Lipinski definition) is 4. The molecule has 1 aliphatic carbocycles. The van der Waals surface area contributed by atoms with Gasteiger partial charge in [-0.1, -0.05) is 23.2 Å². The highest BCUT2D eigenvalue weighted by atomic mass is 35.5. The quantitative estimate of drug-likeness (QED) is 0.608. The van der Waals surface area contributed by atoms with Gasteiger partial charge in [0, 0.05) is 21.7 Å². The summed E-state index contributed by atoms with van der Waals surface area (Å²) < 4.78 is 4.83. The van der Waals surface area contributed by atoms with Crippen LogP contribution in [0.4, 0.5) is 0 Å². The number of hydrogen-bond donors (Lipinski definition) is 1. The first-order chi connectivity index (χ1) is 9.60. The third-order valence-corrected chi connectivity index (χ3v) is 4.82. The van der Waals surface area contributed by atoms with Gasteiger partial charge in [0.25, 0.3) is 0 Å². The van der Waals surface area contributed by atoms with Crippen molar-refractivity contribution in [1.29, 1.82) is 0 Å². The van der Waals surface area contributed by atoms with Gasteiger partial charge in [0.15, 0.2) is 0 Å². The Morgan fingerprint density at radius 1 is 1.50 bits per heavy atom. The predicted molar refractivity (Wildman–Crippen MR) is 83.8 cm³/mol. The minimum absolute atomic E-state index is 0.199. The highest BCUT2D eigenvalue weighted by Crippen LogP contribution is 2.30. The molecular weight excluding hydrogens is 317 g/mol. The summed E-state index contributed by atoms with van der Waals surface area (Å²) in [6, 6.07) is 5.62. The molecule has 1 aromatic carbocycles. The molecule has 2 rings (SSSR count).